The molecule has 3 heteroatoms. The summed E-state index contributed by atoms with van der Waals surface area (Å²) in [5.41, 5.74) is 4.78. The fraction of sp³-hybridized carbons (Fsp3) is 0.462. The maximum absolute atomic E-state index is 5.40. The molecule has 2 heterocycles. The van der Waals surface area contributed by atoms with Gasteiger partial charge in [-0.3, -0.25) is 0 Å². The molecule has 1 N–H and O–H groups in total. The maximum atomic E-state index is 5.40. The second-order valence-corrected chi connectivity index (χ2v) is 4.66. The molecule has 0 aliphatic carbocycles. The number of aromatic amines is 1. The van der Waals surface area contributed by atoms with E-state index in [0.717, 1.165) is 36.5 Å². The smallest absolute Gasteiger partial charge is 0.112 e. The lowest BCUT2D eigenvalue weighted by Crippen LogP contribution is -1.99. The molecule has 0 amide bonds. The number of imidazole rings is 1. The minimum absolute atomic E-state index is 0.451. The molecule has 0 spiro atoms. The van der Waals surface area contributed by atoms with Gasteiger partial charge in [0.05, 0.1) is 17.6 Å². The number of ether oxygens (including phenoxy) is 1. The quantitative estimate of drug-likeness (QED) is 0.795. The second-order valence-electron chi connectivity index (χ2n) is 4.66. The van der Waals surface area contributed by atoms with E-state index in [9.17, 15) is 0 Å². The lowest BCUT2D eigenvalue weighted by atomic mass is 10.1. The maximum Gasteiger partial charge on any atom is 0.112 e. The first-order chi connectivity index (χ1) is 7.74. The van der Waals surface area contributed by atoms with Gasteiger partial charge in [-0.15, -0.1) is 0 Å². The zero-order valence-corrected chi connectivity index (χ0v) is 9.71. The van der Waals surface area contributed by atoms with Crippen LogP contribution >= 0.6 is 0 Å². The Bertz CT molecular complexity index is 524. The van der Waals surface area contributed by atoms with Crippen LogP contribution in [0.5, 0.6) is 0 Å². The van der Waals surface area contributed by atoms with E-state index in [-0.39, 0.29) is 0 Å². The van der Waals surface area contributed by atoms with Crippen molar-refractivity contribution in [3.63, 3.8) is 0 Å². The molecule has 1 saturated heterocycles. The molecule has 0 bridgehead atoms. The van der Waals surface area contributed by atoms with Gasteiger partial charge in [0.25, 0.3) is 0 Å². The molecule has 84 valence electrons. The molecule has 1 unspecified atom stereocenters. The number of hydrogen-bond donors (Lipinski definition) is 1. The Hall–Kier alpha value is -1.35. The van der Waals surface area contributed by atoms with Crippen molar-refractivity contribution in [3.05, 3.63) is 29.1 Å². The summed E-state index contributed by atoms with van der Waals surface area (Å²) in [7, 11) is 0. The van der Waals surface area contributed by atoms with Crippen LogP contribution in [-0.4, -0.2) is 23.2 Å². The molecular weight excluding hydrogens is 200 g/mol. The van der Waals surface area contributed by atoms with Gasteiger partial charge in [-0.1, -0.05) is 6.07 Å². The van der Waals surface area contributed by atoms with Crippen molar-refractivity contribution in [1.82, 2.24) is 9.97 Å². The molecule has 1 aromatic carbocycles. The Morgan fingerprint density at radius 3 is 3.00 bits per heavy atom. The van der Waals surface area contributed by atoms with Gasteiger partial charge in [0.15, 0.2) is 0 Å². The van der Waals surface area contributed by atoms with Crippen molar-refractivity contribution >= 4 is 11.0 Å². The van der Waals surface area contributed by atoms with E-state index >= 15 is 0 Å². The number of benzene rings is 1. The van der Waals surface area contributed by atoms with Crippen LogP contribution in [0.3, 0.4) is 0 Å². The summed E-state index contributed by atoms with van der Waals surface area (Å²) >= 11 is 0. The van der Waals surface area contributed by atoms with E-state index in [0.29, 0.717) is 5.92 Å². The van der Waals surface area contributed by atoms with Crippen molar-refractivity contribution in [3.8, 4) is 0 Å². The van der Waals surface area contributed by atoms with E-state index in [2.05, 4.69) is 31.0 Å². The molecule has 1 aliphatic rings. The fourth-order valence-corrected chi connectivity index (χ4v) is 2.43. The topological polar surface area (TPSA) is 37.9 Å². The second kappa shape index (κ2) is 3.59. The van der Waals surface area contributed by atoms with Gasteiger partial charge >= 0.3 is 0 Å². The van der Waals surface area contributed by atoms with Gasteiger partial charge in [0.2, 0.25) is 0 Å². The van der Waals surface area contributed by atoms with Gasteiger partial charge in [-0.2, -0.15) is 0 Å². The van der Waals surface area contributed by atoms with E-state index in [4.69, 9.17) is 9.72 Å². The van der Waals surface area contributed by atoms with Crippen LogP contribution in [0.4, 0.5) is 0 Å². The average Bonchev–Trinajstić information content (AvgIpc) is 2.82. The predicted molar refractivity (Wildman–Crippen MR) is 63.7 cm³/mol. The van der Waals surface area contributed by atoms with Gasteiger partial charge in [0, 0.05) is 12.5 Å². The molecule has 0 radical (unpaired) electrons. The summed E-state index contributed by atoms with van der Waals surface area (Å²) in [6.07, 6.45) is 1.08. The zero-order valence-electron chi connectivity index (χ0n) is 9.71. The third kappa shape index (κ3) is 1.52. The van der Waals surface area contributed by atoms with Crippen molar-refractivity contribution in [2.75, 3.05) is 13.2 Å². The number of rotatable bonds is 1. The fourth-order valence-electron chi connectivity index (χ4n) is 2.43. The van der Waals surface area contributed by atoms with Crippen molar-refractivity contribution < 1.29 is 4.74 Å². The van der Waals surface area contributed by atoms with E-state index in [1.165, 1.54) is 11.1 Å². The normalized spacial score (nSPS) is 20.8. The summed E-state index contributed by atoms with van der Waals surface area (Å²) in [6.45, 7) is 5.90. The lowest BCUT2D eigenvalue weighted by Gasteiger charge is -2.00. The highest BCUT2D eigenvalue weighted by Crippen LogP contribution is 2.26. The molecule has 1 aliphatic heterocycles. The van der Waals surface area contributed by atoms with Gasteiger partial charge in [0.1, 0.15) is 5.82 Å². The summed E-state index contributed by atoms with van der Waals surface area (Å²) < 4.78 is 5.40. The van der Waals surface area contributed by atoms with Crippen LogP contribution in [-0.2, 0) is 4.74 Å². The SMILES string of the molecule is Cc1cc(C)c2nc(C3CCOC3)[nH]c2c1. The largest absolute Gasteiger partial charge is 0.381 e. The first-order valence-electron chi connectivity index (χ1n) is 5.78. The van der Waals surface area contributed by atoms with Crippen LogP contribution in [0, 0.1) is 13.8 Å². The summed E-state index contributed by atoms with van der Waals surface area (Å²) in [6, 6.07) is 4.34. The van der Waals surface area contributed by atoms with Crippen LogP contribution in [0.25, 0.3) is 11.0 Å². The van der Waals surface area contributed by atoms with Crippen LogP contribution in [0.1, 0.15) is 29.3 Å². The zero-order chi connectivity index (χ0) is 11.1. The Morgan fingerprint density at radius 2 is 2.25 bits per heavy atom. The number of nitrogens with one attached hydrogen (secondary N) is 1. The minimum atomic E-state index is 0.451. The lowest BCUT2D eigenvalue weighted by molar-refractivity contribution is 0.193. The summed E-state index contributed by atoms with van der Waals surface area (Å²) in [4.78, 5) is 8.13. The Morgan fingerprint density at radius 1 is 1.38 bits per heavy atom. The molecule has 3 rings (SSSR count). The van der Waals surface area contributed by atoms with Crippen molar-refractivity contribution in [1.29, 1.82) is 0 Å². The number of aromatic nitrogens is 2. The molecule has 16 heavy (non-hydrogen) atoms. The number of aryl methyl sites for hydroxylation is 2. The molecule has 1 atom stereocenters. The Balaban J connectivity index is 2.11. The molecular formula is C13H16N2O. The third-order valence-electron chi connectivity index (χ3n) is 3.26. The highest BCUT2D eigenvalue weighted by Gasteiger charge is 2.21. The van der Waals surface area contributed by atoms with Crippen LogP contribution in [0.2, 0.25) is 0 Å². The molecule has 1 aromatic heterocycles. The Labute approximate surface area is 94.8 Å². The molecule has 1 fully saturated rings. The van der Waals surface area contributed by atoms with Crippen LogP contribution < -0.4 is 0 Å². The van der Waals surface area contributed by atoms with Gasteiger partial charge in [-0.25, -0.2) is 4.98 Å². The number of nitrogens with zero attached hydrogens (tertiary/aromatic N) is 1. The number of H-pyrrole nitrogens is 1. The number of fused-ring (bicyclic) bond motifs is 1. The third-order valence-corrected chi connectivity index (χ3v) is 3.26. The monoisotopic (exact) mass is 216 g/mol. The van der Waals surface area contributed by atoms with Gasteiger partial charge in [-0.05, 0) is 37.5 Å². The van der Waals surface area contributed by atoms with E-state index in [1.807, 2.05) is 0 Å². The van der Waals surface area contributed by atoms with Crippen molar-refractivity contribution in [2.45, 2.75) is 26.2 Å². The Kier molecular flexibility index (Phi) is 2.21. The van der Waals surface area contributed by atoms with Crippen molar-refractivity contribution in [2.24, 2.45) is 0 Å². The average molecular weight is 216 g/mol. The van der Waals surface area contributed by atoms with Crippen LogP contribution in [0.15, 0.2) is 12.1 Å². The van der Waals surface area contributed by atoms with E-state index < -0.39 is 0 Å². The number of hydrogen-bond acceptors (Lipinski definition) is 2. The highest BCUT2D eigenvalue weighted by molar-refractivity contribution is 5.79. The minimum Gasteiger partial charge on any atom is -0.381 e. The molecule has 3 nitrogen and oxygen atoms in total. The highest BCUT2D eigenvalue weighted by atomic mass is 16.5. The summed E-state index contributed by atoms with van der Waals surface area (Å²) in [5, 5.41) is 0. The summed E-state index contributed by atoms with van der Waals surface area (Å²) in [5.74, 6) is 1.54. The molecule has 2 aromatic rings. The first-order valence-corrected chi connectivity index (χ1v) is 5.78. The first kappa shape index (κ1) is 9.85. The van der Waals surface area contributed by atoms with E-state index in [1.54, 1.807) is 0 Å². The predicted octanol–water partition coefficient (Wildman–Crippen LogP) is 2.68. The molecule has 0 saturated carbocycles. The van der Waals surface area contributed by atoms with Gasteiger partial charge < -0.3 is 9.72 Å². The standard InChI is InChI=1S/C13H16N2O/c1-8-5-9(2)12-11(6-8)14-13(15-12)10-3-4-16-7-10/h5-6,10H,3-4,7H2,1-2H3,(H,14,15).